The Hall–Kier alpha value is -4.13. The molecule has 1 unspecified atom stereocenters. The Morgan fingerprint density at radius 3 is 2.29 bits per heavy atom. The van der Waals surface area contributed by atoms with Crippen LogP contribution in [0.4, 0.5) is 10.5 Å². The van der Waals surface area contributed by atoms with E-state index in [9.17, 15) is 13.2 Å². The van der Waals surface area contributed by atoms with E-state index in [4.69, 9.17) is 14.2 Å². The van der Waals surface area contributed by atoms with Gasteiger partial charge in [-0.2, -0.15) is 4.31 Å². The summed E-state index contributed by atoms with van der Waals surface area (Å²) in [6, 6.07) is 18.5. The van der Waals surface area contributed by atoms with Crippen LogP contribution < -0.4 is 13.8 Å². The lowest BCUT2D eigenvalue weighted by atomic mass is 9.86. The van der Waals surface area contributed by atoms with Gasteiger partial charge in [0.2, 0.25) is 5.60 Å². The molecule has 0 radical (unpaired) electrons. The van der Waals surface area contributed by atoms with E-state index in [1.165, 1.54) is 19.2 Å². The molecule has 2 amide bonds. The largest absolute Gasteiger partial charge is 0.497 e. The molecule has 0 aliphatic carbocycles. The highest BCUT2D eigenvalue weighted by atomic mass is 32.2. The van der Waals surface area contributed by atoms with Gasteiger partial charge in [0.25, 0.3) is 15.9 Å². The first kappa shape index (κ1) is 33.8. The number of hydrogen-bond acceptors (Lipinski definition) is 9. The SMILES string of the molecule is CCCOc1ccccc1C1(OC(=O)N2CCN(C3CCN(C)CC3)CC2)C(=O)N(S(=O)(=O)c2ccccc2C)c2ccc(OC)cc21. The highest BCUT2D eigenvalue weighted by Crippen LogP contribution is 2.52. The van der Waals surface area contributed by atoms with Crippen LogP contribution in [-0.2, 0) is 25.2 Å². The summed E-state index contributed by atoms with van der Waals surface area (Å²) in [5.41, 5.74) is -1.22. The highest BCUT2D eigenvalue weighted by Gasteiger charge is 2.61. The summed E-state index contributed by atoms with van der Waals surface area (Å²) in [7, 11) is -0.839. The van der Waals surface area contributed by atoms with Gasteiger partial charge in [-0.15, -0.1) is 0 Å². The molecule has 0 spiro atoms. The number of sulfonamides is 1. The maximum atomic E-state index is 15.1. The molecular weight excluding hydrogens is 632 g/mol. The van der Waals surface area contributed by atoms with E-state index < -0.39 is 27.6 Å². The molecule has 256 valence electrons. The number of piperazine rings is 1. The predicted molar refractivity (Wildman–Crippen MR) is 182 cm³/mol. The molecule has 0 bridgehead atoms. The molecule has 2 saturated heterocycles. The van der Waals surface area contributed by atoms with Crippen LogP contribution in [0.5, 0.6) is 11.5 Å². The smallest absolute Gasteiger partial charge is 0.411 e. The van der Waals surface area contributed by atoms with Crippen LogP contribution in [0, 0.1) is 6.92 Å². The average molecular weight is 677 g/mol. The molecule has 6 rings (SSSR count). The number of likely N-dealkylation sites (tertiary alicyclic amines) is 1. The summed E-state index contributed by atoms with van der Waals surface area (Å²) in [4.78, 5) is 35.7. The van der Waals surface area contributed by atoms with Crippen LogP contribution in [0.2, 0.25) is 0 Å². The van der Waals surface area contributed by atoms with Gasteiger partial charge in [-0.25, -0.2) is 13.2 Å². The molecule has 3 heterocycles. The molecule has 1 atom stereocenters. The third-order valence-corrected chi connectivity index (χ3v) is 11.5. The zero-order chi connectivity index (χ0) is 34.1. The number of fused-ring (bicyclic) bond motifs is 1. The van der Waals surface area contributed by atoms with Crippen molar-refractivity contribution in [1.82, 2.24) is 14.7 Å². The van der Waals surface area contributed by atoms with Crippen molar-refractivity contribution in [2.45, 2.75) is 49.6 Å². The van der Waals surface area contributed by atoms with E-state index in [2.05, 4.69) is 16.8 Å². The number of hydrogen-bond donors (Lipinski definition) is 0. The van der Waals surface area contributed by atoms with E-state index in [0.29, 0.717) is 62.3 Å². The minimum atomic E-state index is -4.46. The molecule has 2 fully saturated rings. The number of nitrogens with zero attached hydrogens (tertiary/aromatic N) is 4. The number of anilines is 1. The molecule has 0 N–H and O–H groups in total. The number of carbonyl (C=O) groups excluding carboxylic acids is 2. The number of ether oxygens (including phenoxy) is 3. The normalized spacial score (nSPS) is 20.9. The lowest BCUT2D eigenvalue weighted by molar-refractivity contribution is -0.132. The molecule has 3 aliphatic rings. The molecule has 3 aromatic rings. The van der Waals surface area contributed by atoms with Crippen LogP contribution >= 0.6 is 0 Å². The fraction of sp³-hybridized carbons (Fsp3) is 0.444. The van der Waals surface area contributed by atoms with Crippen molar-refractivity contribution in [2.75, 3.05) is 64.3 Å². The van der Waals surface area contributed by atoms with Gasteiger partial charge < -0.3 is 24.0 Å². The first-order valence-corrected chi connectivity index (χ1v) is 18.0. The highest BCUT2D eigenvalue weighted by molar-refractivity contribution is 7.93. The van der Waals surface area contributed by atoms with Gasteiger partial charge in [0, 0.05) is 37.8 Å². The molecular formula is C36H44N4O7S. The van der Waals surface area contributed by atoms with E-state index in [-0.39, 0.29) is 21.7 Å². The zero-order valence-corrected chi connectivity index (χ0v) is 28.9. The van der Waals surface area contributed by atoms with Gasteiger partial charge in [0.05, 0.1) is 29.9 Å². The molecule has 0 saturated carbocycles. The lowest BCUT2D eigenvalue weighted by Crippen LogP contribution is -2.55. The Labute approximate surface area is 283 Å². The van der Waals surface area contributed by atoms with Crippen LogP contribution in [-0.4, -0.2) is 101 Å². The second kappa shape index (κ2) is 13.8. The Morgan fingerprint density at radius 2 is 1.60 bits per heavy atom. The third-order valence-electron chi connectivity index (χ3n) is 9.64. The second-order valence-corrected chi connectivity index (χ2v) is 14.4. The fourth-order valence-electron chi connectivity index (χ4n) is 6.99. The number of methoxy groups -OCH3 is 1. The Bertz CT molecular complexity index is 1770. The van der Waals surface area contributed by atoms with Gasteiger partial charge in [0.1, 0.15) is 11.5 Å². The second-order valence-electron chi connectivity index (χ2n) is 12.7. The summed E-state index contributed by atoms with van der Waals surface area (Å²) in [5, 5.41) is 0. The van der Waals surface area contributed by atoms with Gasteiger partial charge in [-0.3, -0.25) is 9.69 Å². The molecule has 0 aromatic heterocycles. The van der Waals surface area contributed by atoms with Gasteiger partial charge >= 0.3 is 6.09 Å². The Kier molecular flexibility index (Phi) is 9.69. The maximum Gasteiger partial charge on any atom is 0.411 e. The molecule has 11 nitrogen and oxygen atoms in total. The summed E-state index contributed by atoms with van der Waals surface area (Å²) in [5.74, 6) is -0.243. The molecule has 48 heavy (non-hydrogen) atoms. The Balaban J connectivity index is 1.44. The molecule has 3 aromatic carbocycles. The van der Waals surface area contributed by atoms with Gasteiger partial charge in [0.15, 0.2) is 0 Å². The van der Waals surface area contributed by atoms with Crippen molar-refractivity contribution in [1.29, 1.82) is 0 Å². The minimum absolute atomic E-state index is 0.0252. The topological polar surface area (TPSA) is 109 Å². The Morgan fingerprint density at radius 1 is 0.917 bits per heavy atom. The minimum Gasteiger partial charge on any atom is -0.497 e. The van der Waals surface area contributed by atoms with E-state index in [0.717, 1.165) is 30.2 Å². The van der Waals surface area contributed by atoms with Crippen molar-refractivity contribution in [3.05, 3.63) is 83.4 Å². The standard InChI is InChI=1S/C36H44N4O7S/c1-5-24-46-32-12-8-7-11-29(32)36(47-35(42)39-22-20-38(21-23-39)27-16-18-37(3)19-17-27)30-25-28(45-4)14-15-31(30)40(34(36)41)48(43,44)33-13-9-6-10-26(33)2/h6-15,25,27H,5,16-24H2,1-4H3. The monoisotopic (exact) mass is 676 g/mol. The van der Waals surface area contributed by atoms with Crippen LogP contribution in [0.1, 0.15) is 42.9 Å². The number of rotatable bonds is 9. The first-order chi connectivity index (χ1) is 23.1. The van der Waals surface area contributed by atoms with Gasteiger partial charge in [-0.05, 0) is 82.2 Å². The van der Waals surface area contributed by atoms with Crippen molar-refractivity contribution < 1.29 is 32.2 Å². The number of aryl methyl sites for hydroxylation is 1. The summed E-state index contributed by atoms with van der Waals surface area (Å²) < 4.78 is 47.8. The number of carbonyl (C=O) groups is 2. The van der Waals surface area contributed by atoms with E-state index in [1.54, 1.807) is 66.4 Å². The first-order valence-electron chi connectivity index (χ1n) is 16.6. The molecule has 12 heteroatoms. The van der Waals surface area contributed by atoms with Crippen molar-refractivity contribution in [2.24, 2.45) is 0 Å². The van der Waals surface area contributed by atoms with Crippen LogP contribution in [0.25, 0.3) is 0 Å². The number of para-hydroxylation sites is 1. The van der Waals surface area contributed by atoms with Crippen molar-refractivity contribution in [3.8, 4) is 11.5 Å². The third kappa shape index (κ3) is 6.01. The quantitative estimate of drug-likeness (QED) is 0.321. The number of benzene rings is 3. The lowest BCUT2D eigenvalue weighted by Gasteiger charge is -2.42. The summed E-state index contributed by atoms with van der Waals surface area (Å²) in [6.45, 7) is 8.25. The average Bonchev–Trinajstić information content (AvgIpc) is 3.35. The van der Waals surface area contributed by atoms with Crippen LogP contribution in [0.15, 0.2) is 71.6 Å². The van der Waals surface area contributed by atoms with Crippen LogP contribution in [0.3, 0.4) is 0 Å². The number of amides is 2. The van der Waals surface area contributed by atoms with Gasteiger partial charge in [-0.1, -0.05) is 43.3 Å². The summed E-state index contributed by atoms with van der Waals surface area (Å²) in [6.07, 6.45) is 2.14. The number of piperidine rings is 1. The predicted octanol–water partition coefficient (Wildman–Crippen LogP) is 4.62. The molecule has 3 aliphatic heterocycles. The van der Waals surface area contributed by atoms with Crippen molar-refractivity contribution in [3.63, 3.8) is 0 Å². The summed E-state index contributed by atoms with van der Waals surface area (Å²) >= 11 is 0. The van der Waals surface area contributed by atoms with E-state index >= 15 is 4.79 Å². The van der Waals surface area contributed by atoms with E-state index in [1.807, 2.05) is 6.92 Å². The van der Waals surface area contributed by atoms with Crippen molar-refractivity contribution >= 4 is 27.7 Å². The fourth-order valence-corrected chi connectivity index (χ4v) is 8.67. The maximum absolute atomic E-state index is 15.1. The zero-order valence-electron chi connectivity index (χ0n) is 28.1.